The smallest absolute Gasteiger partial charge is 0.317 e. The fourth-order valence-electron chi connectivity index (χ4n) is 1.85. The topological polar surface area (TPSA) is 58.6 Å². The van der Waals surface area contributed by atoms with Gasteiger partial charge in [-0.3, -0.25) is 0 Å². The van der Waals surface area contributed by atoms with Gasteiger partial charge in [0, 0.05) is 26.6 Å². The highest BCUT2D eigenvalue weighted by atomic mass is 16.5. The van der Waals surface area contributed by atoms with Crippen molar-refractivity contribution in [2.75, 3.05) is 27.2 Å². The van der Waals surface area contributed by atoms with E-state index in [0.717, 1.165) is 17.6 Å². The summed E-state index contributed by atoms with van der Waals surface area (Å²) in [5.41, 5.74) is 1.05. The summed E-state index contributed by atoms with van der Waals surface area (Å²) in [6.45, 7) is 0.978. The minimum atomic E-state index is -0.170. The Hall–Kier alpha value is -2.04. The third-order valence-electron chi connectivity index (χ3n) is 2.86. The predicted octanol–water partition coefficient (Wildman–Crippen LogP) is 1.47. The Morgan fingerprint density at radius 2 is 2.11 bits per heavy atom. The second kappa shape index (κ2) is 8.13. The summed E-state index contributed by atoms with van der Waals surface area (Å²) in [6, 6.07) is 7.54. The molecule has 0 saturated carbocycles. The van der Waals surface area contributed by atoms with E-state index in [2.05, 4.69) is 5.32 Å². The summed E-state index contributed by atoms with van der Waals surface area (Å²) < 4.78 is 5.27. The van der Waals surface area contributed by atoms with E-state index in [4.69, 9.17) is 4.74 Å². The number of hydrogen-bond donors (Lipinski definition) is 1. The van der Waals surface area contributed by atoms with Gasteiger partial charge in [0.1, 0.15) is 12.0 Å². The van der Waals surface area contributed by atoms with Crippen LogP contribution < -0.4 is 10.1 Å². The highest BCUT2D eigenvalue weighted by molar-refractivity contribution is 5.74. The van der Waals surface area contributed by atoms with Gasteiger partial charge in [-0.2, -0.15) is 0 Å². The normalized spacial score (nSPS) is 9.79. The Kier molecular flexibility index (Phi) is 6.43. The van der Waals surface area contributed by atoms with Gasteiger partial charge in [-0.05, 0) is 18.1 Å². The number of methoxy groups -OCH3 is 1. The summed E-state index contributed by atoms with van der Waals surface area (Å²) in [7, 11) is 3.21. The molecular weight excluding hydrogens is 244 g/mol. The van der Waals surface area contributed by atoms with Gasteiger partial charge in [0.25, 0.3) is 0 Å². The van der Waals surface area contributed by atoms with Crippen molar-refractivity contribution in [2.24, 2.45) is 0 Å². The lowest BCUT2D eigenvalue weighted by atomic mass is 10.1. The van der Waals surface area contributed by atoms with Gasteiger partial charge >= 0.3 is 6.03 Å². The number of rotatable bonds is 7. The minimum Gasteiger partial charge on any atom is -0.496 e. The first-order valence-corrected chi connectivity index (χ1v) is 6.25. The lowest BCUT2D eigenvalue weighted by Crippen LogP contribution is -2.40. The van der Waals surface area contributed by atoms with E-state index in [0.29, 0.717) is 25.9 Å². The molecule has 0 spiro atoms. The van der Waals surface area contributed by atoms with E-state index in [1.807, 2.05) is 24.3 Å². The van der Waals surface area contributed by atoms with Crippen LogP contribution in [0.25, 0.3) is 0 Å². The van der Waals surface area contributed by atoms with Crippen molar-refractivity contribution in [1.82, 2.24) is 10.2 Å². The standard InChI is InChI=1S/C14H20N2O3/c1-15-14(18)16(9-5-11-17)10-8-12-6-3-4-7-13(12)19-2/h3-4,6-7,11H,5,8-10H2,1-2H3,(H,15,18). The largest absolute Gasteiger partial charge is 0.496 e. The molecule has 0 unspecified atom stereocenters. The van der Waals surface area contributed by atoms with Crippen molar-refractivity contribution < 1.29 is 14.3 Å². The molecule has 0 atom stereocenters. The summed E-state index contributed by atoms with van der Waals surface area (Å²) in [5.74, 6) is 0.815. The number of urea groups is 1. The molecule has 19 heavy (non-hydrogen) atoms. The van der Waals surface area contributed by atoms with E-state index < -0.39 is 0 Å². The first-order chi connectivity index (χ1) is 9.22. The van der Waals surface area contributed by atoms with Crippen LogP contribution in [0, 0.1) is 0 Å². The summed E-state index contributed by atoms with van der Waals surface area (Å²) >= 11 is 0. The maximum atomic E-state index is 11.7. The summed E-state index contributed by atoms with van der Waals surface area (Å²) in [5, 5.41) is 2.58. The van der Waals surface area contributed by atoms with Gasteiger partial charge in [-0.1, -0.05) is 18.2 Å². The zero-order chi connectivity index (χ0) is 14.1. The molecule has 1 N–H and O–H groups in total. The summed E-state index contributed by atoms with van der Waals surface area (Å²) in [6.07, 6.45) is 1.86. The van der Waals surface area contributed by atoms with Crippen LogP contribution in [0.1, 0.15) is 12.0 Å². The number of carbonyl (C=O) groups excluding carboxylic acids is 2. The van der Waals surface area contributed by atoms with Crippen molar-refractivity contribution in [3.05, 3.63) is 29.8 Å². The van der Waals surface area contributed by atoms with Crippen molar-refractivity contribution in [3.8, 4) is 5.75 Å². The van der Waals surface area contributed by atoms with Crippen LogP contribution in [0.2, 0.25) is 0 Å². The number of carbonyl (C=O) groups is 2. The molecule has 0 heterocycles. The molecule has 0 aliphatic rings. The Morgan fingerprint density at radius 1 is 1.37 bits per heavy atom. The van der Waals surface area contributed by atoms with Crippen LogP contribution >= 0.6 is 0 Å². The lowest BCUT2D eigenvalue weighted by Gasteiger charge is -2.21. The van der Waals surface area contributed by atoms with Crippen LogP contribution in [0.4, 0.5) is 4.79 Å². The molecule has 0 aromatic heterocycles. The molecule has 0 radical (unpaired) electrons. The average molecular weight is 264 g/mol. The monoisotopic (exact) mass is 264 g/mol. The van der Waals surface area contributed by atoms with Crippen LogP contribution in [0.3, 0.4) is 0 Å². The van der Waals surface area contributed by atoms with E-state index in [1.165, 1.54) is 0 Å². The van der Waals surface area contributed by atoms with Gasteiger partial charge in [-0.15, -0.1) is 0 Å². The maximum Gasteiger partial charge on any atom is 0.317 e. The van der Waals surface area contributed by atoms with Crippen molar-refractivity contribution >= 4 is 12.3 Å². The molecule has 0 saturated heterocycles. The predicted molar refractivity (Wildman–Crippen MR) is 73.4 cm³/mol. The molecule has 104 valence electrons. The Labute approximate surface area is 113 Å². The number of amides is 2. The number of aldehydes is 1. The molecule has 1 aromatic carbocycles. The Bertz CT molecular complexity index is 421. The fourth-order valence-corrected chi connectivity index (χ4v) is 1.85. The number of nitrogens with zero attached hydrogens (tertiary/aromatic N) is 1. The molecule has 0 fully saturated rings. The molecule has 5 heteroatoms. The van der Waals surface area contributed by atoms with E-state index in [-0.39, 0.29) is 6.03 Å². The maximum absolute atomic E-state index is 11.7. The van der Waals surface area contributed by atoms with Gasteiger partial charge in [0.15, 0.2) is 0 Å². The van der Waals surface area contributed by atoms with Gasteiger partial charge in [0.2, 0.25) is 0 Å². The van der Waals surface area contributed by atoms with Gasteiger partial charge in [0.05, 0.1) is 7.11 Å². The molecule has 0 bridgehead atoms. The van der Waals surface area contributed by atoms with E-state index >= 15 is 0 Å². The molecule has 0 aliphatic carbocycles. The molecular formula is C14H20N2O3. The van der Waals surface area contributed by atoms with Crippen molar-refractivity contribution in [1.29, 1.82) is 0 Å². The fraction of sp³-hybridized carbons (Fsp3) is 0.429. The number of ether oxygens (including phenoxy) is 1. The SMILES string of the molecule is CNC(=O)N(CCC=O)CCc1ccccc1OC. The molecule has 1 aromatic rings. The molecule has 2 amide bonds. The highest BCUT2D eigenvalue weighted by Crippen LogP contribution is 2.18. The zero-order valence-electron chi connectivity index (χ0n) is 11.4. The third-order valence-corrected chi connectivity index (χ3v) is 2.86. The second-order valence-corrected chi connectivity index (χ2v) is 4.06. The van der Waals surface area contributed by atoms with E-state index in [9.17, 15) is 9.59 Å². The molecule has 1 rings (SSSR count). The van der Waals surface area contributed by atoms with Gasteiger partial charge < -0.3 is 19.7 Å². The van der Waals surface area contributed by atoms with Crippen molar-refractivity contribution in [2.45, 2.75) is 12.8 Å². The number of benzene rings is 1. The second-order valence-electron chi connectivity index (χ2n) is 4.06. The third kappa shape index (κ3) is 4.62. The van der Waals surface area contributed by atoms with Crippen LogP contribution in [-0.4, -0.2) is 44.5 Å². The van der Waals surface area contributed by atoms with E-state index in [1.54, 1.807) is 19.1 Å². The van der Waals surface area contributed by atoms with Gasteiger partial charge in [-0.25, -0.2) is 4.79 Å². The first kappa shape index (κ1) is 15.0. The minimum absolute atomic E-state index is 0.170. The van der Waals surface area contributed by atoms with Crippen LogP contribution in [0.15, 0.2) is 24.3 Å². The molecule has 0 aliphatic heterocycles. The number of para-hydroxylation sites is 1. The Balaban J connectivity index is 2.64. The summed E-state index contributed by atoms with van der Waals surface area (Å²) in [4.78, 5) is 23.7. The molecule has 5 nitrogen and oxygen atoms in total. The zero-order valence-corrected chi connectivity index (χ0v) is 11.4. The first-order valence-electron chi connectivity index (χ1n) is 6.25. The average Bonchev–Trinajstić information content (AvgIpc) is 2.47. The Morgan fingerprint density at radius 3 is 2.74 bits per heavy atom. The quantitative estimate of drug-likeness (QED) is 0.759. The van der Waals surface area contributed by atoms with Crippen LogP contribution in [-0.2, 0) is 11.2 Å². The lowest BCUT2D eigenvalue weighted by molar-refractivity contribution is -0.108. The van der Waals surface area contributed by atoms with Crippen molar-refractivity contribution in [3.63, 3.8) is 0 Å². The number of nitrogens with one attached hydrogen (secondary N) is 1. The van der Waals surface area contributed by atoms with Crippen LogP contribution in [0.5, 0.6) is 5.75 Å². The number of hydrogen-bond acceptors (Lipinski definition) is 3. The highest BCUT2D eigenvalue weighted by Gasteiger charge is 2.12.